The van der Waals surface area contributed by atoms with Crippen molar-refractivity contribution in [1.29, 1.82) is 0 Å². The Kier molecular flexibility index (Phi) is 2.46. The van der Waals surface area contributed by atoms with E-state index in [4.69, 9.17) is 4.42 Å². The first kappa shape index (κ1) is 9.77. The van der Waals surface area contributed by atoms with E-state index in [9.17, 15) is 9.50 Å². The van der Waals surface area contributed by atoms with E-state index >= 15 is 0 Å². The third-order valence-corrected chi connectivity index (χ3v) is 2.34. The summed E-state index contributed by atoms with van der Waals surface area (Å²) in [4.78, 5) is 0. The van der Waals surface area contributed by atoms with E-state index in [0.717, 1.165) is 12.0 Å². The molecule has 0 saturated heterocycles. The predicted octanol–water partition coefficient (Wildman–Crippen LogP) is 3.35. The summed E-state index contributed by atoms with van der Waals surface area (Å²) in [5, 5.41) is 9.50. The van der Waals surface area contributed by atoms with Gasteiger partial charge in [0.05, 0.1) is 6.26 Å². The number of furan rings is 1. The van der Waals surface area contributed by atoms with Gasteiger partial charge in [0.15, 0.2) is 11.5 Å². The van der Waals surface area contributed by atoms with Crippen LogP contribution in [-0.4, -0.2) is 5.11 Å². The summed E-state index contributed by atoms with van der Waals surface area (Å²) in [5.74, 6) is 0.0275. The van der Waals surface area contributed by atoms with Crippen LogP contribution in [-0.2, 0) is 6.42 Å². The van der Waals surface area contributed by atoms with Gasteiger partial charge in [-0.2, -0.15) is 0 Å². The molecule has 1 aromatic heterocycles. The van der Waals surface area contributed by atoms with E-state index in [1.54, 1.807) is 6.07 Å². The van der Waals surface area contributed by atoms with Crippen molar-refractivity contribution in [2.75, 3.05) is 0 Å². The summed E-state index contributed by atoms with van der Waals surface area (Å²) in [6.07, 6.45) is 2.14. The molecule has 2 rings (SSSR count). The molecule has 1 heterocycles. The molecule has 0 unspecified atom stereocenters. The zero-order valence-electron chi connectivity index (χ0n) is 8.33. The lowest BCUT2D eigenvalue weighted by Crippen LogP contribution is -1.88. The zero-order valence-corrected chi connectivity index (χ0v) is 8.33. The molecule has 2 nitrogen and oxygen atoms in total. The highest BCUT2D eigenvalue weighted by Gasteiger charge is 2.12. The minimum Gasteiger partial charge on any atom is -0.504 e. The van der Waals surface area contributed by atoms with E-state index in [-0.39, 0.29) is 11.6 Å². The second-order valence-electron chi connectivity index (χ2n) is 3.29. The van der Waals surface area contributed by atoms with Crippen molar-refractivity contribution in [1.82, 2.24) is 0 Å². The third kappa shape index (κ3) is 1.73. The molecule has 0 radical (unpaired) electrons. The Bertz CT molecular complexity index is 474. The lowest BCUT2D eigenvalue weighted by atomic mass is 10.0. The van der Waals surface area contributed by atoms with Crippen LogP contribution >= 0.6 is 0 Å². The number of rotatable bonds is 2. The average molecular weight is 206 g/mol. The fourth-order valence-corrected chi connectivity index (χ4v) is 1.57. The molecule has 1 N–H and O–H groups in total. The van der Waals surface area contributed by atoms with Crippen LogP contribution in [0.3, 0.4) is 0 Å². The van der Waals surface area contributed by atoms with E-state index in [2.05, 4.69) is 0 Å². The number of aryl methyl sites for hydroxylation is 1. The standard InChI is InChI=1S/C12H11FO2/c1-2-8-3-4-9(13)7-10(8)12-11(14)5-6-15-12/h3-7,14H,2H2,1H3. The molecule has 0 spiro atoms. The summed E-state index contributed by atoms with van der Waals surface area (Å²) in [5.41, 5.74) is 1.56. The second-order valence-corrected chi connectivity index (χ2v) is 3.29. The highest BCUT2D eigenvalue weighted by Crippen LogP contribution is 2.33. The molecule has 0 saturated carbocycles. The molecule has 0 bridgehead atoms. The van der Waals surface area contributed by atoms with Gasteiger partial charge in [-0.1, -0.05) is 13.0 Å². The fraction of sp³-hybridized carbons (Fsp3) is 0.167. The second kappa shape index (κ2) is 3.77. The molecule has 0 atom stereocenters. The van der Waals surface area contributed by atoms with E-state index in [1.807, 2.05) is 6.92 Å². The lowest BCUT2D eigenvalue weighted by molar-refractivity contribution is 0.464. The number of hydrogen-bond donors (Lipinski definition) is 1. The third-order valence-electron chi connectivity index (χ3n) is 2.34. The predicted molar refractivity (Wildman–Crippen MR) is 55.1 cm³/mol. The number of benzene rings is 1. The first-order chi connectivity index (χ1) is 7.22. The highest BCUT2D eigenvalue weighted by atomic mass is 19.1. The van der Waals surface area contributed by atoms with Gasteiger partial charge in [-0.05, 0) is 24.1 Å². The van der Waals surface area contributed by atoms with Gasteiger partial charge in [-0.3, -0.25) is 0 Å². The first-order valence-electron chi connectivity index (χ1n) is 4.77. The molecular formula is C12H11FO2. The smallest absolute Gasteiger partial charge is 0.175 e. The highest BCUT2D eigenvalue weighted by molar-refractivity contribution is 5.67. The molecule has 0 aliphatic carbocycles. The van der Waals surface area contributed by atoms with Crippen molar-refractivity contribution in [3.8, 4) is 17.1 Å². The molecule has 1 aromatic carbocycles. The van der Waals surface area contributed by atoms with Gasteiger partial charge in [-0.25, -0.2) is 4.39 Å². The van der Waals surface area contributed by atoms with Gasteiger partial charge in [0.25, 0.3) is 0 Å². The molecule has 78 valence electrons. The van der Waals surface area contributed by atoms with Crippen LogP contribution in [0.15, 0.2) is 34.9 Å². The summed E-state index contributed by atoms with van der Waals surface area (Å²) < 4.78 is 18.2. The summed E-state index contributed by atoms with van der Waals surface area (Å²) in [7, 11) is 0. The Hall–Kier alpha value is -1.77. The fourth-order valence-electron chi connectivity index (χ4n) is 1.57. The molecule has 2 aromatic rings. The van der Waals surface area contributed by atoms with Crippen LogP contribution in [0.2, 0.25) is 0 Å². The zero-order chi connectivity index (χ0) is 10.8. The van der Waals surface area contributed by atoms with Crippen LogP contribution in [0.5, 0.6) is 5.75 Å². The minimum absolute atomic E-state index is 0.0373. The first-order valence-corrected chi connectivity index (χ1v) is 4.77. The molecule has 3 heteroatoms. The molecule has 0 aliphatic rings. The van der Waals surface area contributed by atoms with Crippen LogP contribution in [0.1, 0.15) is 12.5 Å². The van der Waals surface area contributed by atoms with Crippen molar-refractivity contribution < 1.29 is 13.9 Å². The van der Waals surface area contributed by atoms with Gasteiger partial charge in [0.1, 0.15) is 5.82 Å². The molecule has 15 heavy (non-hydrogen) atoms. The Labute approximate surface area is 87.0 Å². The number of halogens is 1. The topological polar surface area (TPSA) is 33.4 Å². The van der Waals surface area contributed by atoms with E-state index in [0.29, 0.717) is 11.3 Å². The van der Waals surface area contributed by atoms with Crippen LogP contribution < -0.4 is 0 Å². The van der Waals surface area contributed by atoms with Crippen molar-refractivity contribution >= 4 is 0 Å². The maximum Gasteiger partial charge on any atom is 0.175 e. The van der Waals surface area contributed by atoms with Crippen molar-refractivity contribution in [2.24, 2.45) is 0 Å². The Balaban J connectivity index is 2.60. The van der Waals surface area contributed by atoms with Gasteiger partial charge in [0.2, 0.25) is 0 Å². The quantitative estimate of drug-likeness (QED) is 0.817. The van der Waals surface area contributed by atoms with Gasteiger partial charge in [-0.15, -0.1) is 0 Å². The lowest BCUT2D eigenvalue weighted by Gasteiger charge is -2.05. The molecular weight excluding hydrogens is 195 g/mol. The summed E-state index contributed by atoms with van der Waals surface area (Å²) in [6, 6.07) is 5.92. The van der Waals surface area contributed by atoms with Crippen molar-refractivity contribution in [3.05, 3.63) is 41.9 Å². The largest absolute Gasteiger partial charge is 0.504 e. The molecule has 0 amide bonds. The van der Waals surface area contributed by atoms with E-state index < -0.39 is 0 Å². The SMILES string of the molecule is CCc1ccc(F)cc1-c1occc1O. The van der Waals surface area contributed by atoms with Crippen LogP contribution in [0.4, 0.5) is 4.39 Å². The van der Waals surface area contributed by atoms with E-state index in [1.165, 1.54) is 24.5 Å². The summed E-state index contributed by atoms with van der Waals surface area (Å²) >= 11 is 0. The molecule has 0 aliphatic heterocycles. The van der Waals surface area contributed by atoms with Crippen LogP contribution in [0, 0.1) is 5.82 Å². The molecule has 0 fully saturated rings. The van der Waals surface area contributed by atoms with Gasteiger partial charge in [0, 0.05) is 11.6 Å². The maximum absolute atomic E-state index is 13.1. The van der Waals surface area contributed by atoms with Gasteiger partial charge >= 0.3 is 0 Å². The van der Waals surface area contributed by atoms with Crippen LogP contribution in [0.25, 0.3) is 11.3 Å². The van der Waals surface area contributed by atoms with Gasteiger partial charge < -0.3 is 9.52 Å². The Morgan fingerprint density at radius 1 is 1.33 bits per heavy atom. The Morgan fingerprint density at radius 2 is 2.13 bits per heavy atom. The maximum atomic E-state index is 13.1. The Morgan fingerprint density at radius 3 is 2.73 bits per heavy atom. The number of aromatic hydroxyl groups is 1. The number of hydrogen-bond acceptors (Lipinski definition) is 2. The van der Waals surface area contributed by atoms with Crippen molar-refractivity contribution in [3.63, 3.8) is 0 Å². The monoisotopic (exact) mass is 206 g/mol. The minimum atomic E-state index is -0.335. The normalized spacial score (nSPS) is 10.5. The average Bonchev–Trinajstić information content (AvgIpc) is 2.64. The summed E-state index contributed by atoms with van der Waals surface area (Å²) in [6.45, 7) is 1.97. The van der Waals surface area contributed by atoms with Crippen molar-refractivity contribution in [2.45, 2.75) is 13.3 Å².